The molecule has 0 saturated carbocycles. The summed E-state index contributed by atoms with van der Waals surface area (Å²) in [5, 5.41) is 12.0. The van der Waals surface area contributed by atoms with E-state index in [4.69, 9.17) is 33.3 Å². The van der Waals surface area contributed by atoms with Crippen molar-refractivity contribution in [2.75, 3.05) is 71.4 Å². The van der Waals surface area contributed by atoms with Gasteiger partial charge in [-0.3, -0.25) is 9.59 Å². The number of nitrogens with one attached hydrogen (secondary N) is 1. The number of hydrogen-bond acceptors (Lipinski definition) is 11. The normalized spacial score (nSPS) is 12.3. The molecule has 0 fully saturated rings. The lowest BCUT2D eigenvalue weighted by atomic mass is 9.95. The molecule has 0 saturated heterocycles. The topological polar surface area (TPSA) is 167 Å². The molecule has 3 aromatic rings. The zero-order valence-corrected chi connectivity index (χ0v) is 29.0. The monoisotopic (exact) mass is 701 g/mol. The lowest BCUT2D eigenvalue weighted by molar-refractivity contribution is -0.125. The van der Waals surface area contributed by atoms with Crippen LogP contribution in [0.2, 0.25) is 0 Å². The van der Waals surface area contributed by atoms with E-state index in [9.17, 15) is 9.59 Å². The number of hydrogen-bond donors (Lipinski definition) is 3. The molecule has 1 aliphatic heterocycles. The molecule has 1 aliphatic rings. The number of para-hydroxylation sites is 1. The average Bonchev–Trinajstić information content (AvgIpc) is 3.52. The molecule has 2 aromatic carbocycles. The van der Waals surface area contributed by atoms with Crippen LogP contribution in [-0.4, -0.2) is 103 Å². The van der Waals surface area contributed by atoms with Crippen LogP contribution in [0.15, 0.2) is 48.5 Å². The fourth-order valence-corrected chi connectivity index (χ4v) is 5.72. The summed E-state index contributed by atoms with van der Waals surface area (Å²) < 4.78 is 28.3. The van der Waals surface area contributed by atoms with Crippen molar-refractivity contribution in [3.63, 3.8) is 0 Å². The van der Waals surface area contributed by atoms with E-state index >= 15 is 0 Å². The number of benzene rings is 2. The first-order valence-corrected chi connectivity index (χ1v) is 17.9. The summed E-state index contributed by atoms with van der Waals surface area (Å²) >= 11 is 0. The molecule has 0 unspecified atom stereocenters. The summed E-state index contributed by atoms with van der Waals surface area (Å²) in [5.74, 6) is -0.326. The van der Waals surface area contributed by atoms with Crippen LogP contribution in [0.1, 0.15) is 44.1 Å². The van der Waals surface area contributed by atoms with Crippen molar-refractivity contribution in [1.29, 1.82) is 0 Å². The molecule has 0 atom stereocenters. The van der Waals surface area contributed by atoms with Gasteiger partial charge in [-0.2, -0.15) is 0 Å². The van der Waals surface area contributed by atoms with Gasteiger partial charge in [0.1, 0.15) is 5.69 Å². The summed E-state index contributed by atoms with van der Waals surface area (Å²) in [7, 11) is -0.668. The van der Waals surface area contributed by atoms with Gasteiger partial charge < -0.3 is 43.5 Å². The average molecular weight is 702 g/mol. The number of fused-ring (bicyclic) bond motifs is 5. The maximum atomic E-state index is 13.7. The van der Waals surface area contributed by atoms with Gasteiger partial charge in [-0.25, -0.2) is 4.68 Å². The minimum absolute atomic E-state index is 0.0619. The summed E-state index contributed by atoms with van der Waals surface area (Å²) in [6, 6.07) is 15.6. The Balaban J connectivity index is 1.33. The SMILES string of the molecule is COCCOCCOCCOCCn1nnc2c1-c1ccccc1CN(C(=O)CCC(=O)NCCCCCCOP(O)O)c1ccccc1-2. The van der Waals surface area contributed by atoms with Gasteiger partial charge >= 0.3 is 8.60 Å². The first-order chi connectivity index (χ1) is 24.0. The molecule has 4 rings (SSSR count). The highest BCUT2D eigenvalue weighted by molar-refractivity contribution is 7.39. The molecule has 49 heavy (non-hydrogen) atoms. The van der Waals surface area contributed by atoms with Crippen molar-refractivity contribution in [3.05, 3.63) is 54.1 Å². The number of carbonyl (C=O) groups is 2. The first-order valence-electron chi connectivity index (χ1n) is 16.7. The van der Waals surface area contributed by atoms with E-state index in [-0.39, 0.29) is 24.7 Å². The Morgan fingerprint density at radius 2 is 1.49 bits per heavy atom. The second kappa shape index (κ2) is 21.7. The molecule has 15 heteroatoms. The number of methoxy groups -OCH3 is 1. The number of ether oxygens (including phenoxy) is 4. The van der Waals surface area contributed by atoms with Crippen molar-refractivity contribution in [1.82, 2.24) is 20.3 Å². The molecule has 0 spiro atoms. The molecular weight excluding hydrogens is 653 g/mol. The number of nitrogens with zero attached hydrogens (tertiary/aromatic N) is 4. The predicted octanol–water partition coefficient (Wildman–Crippen LogP) is 3.84. The molecule has 14 nitrogen and oxygen atoms in total. The van der Waals surface area contributed by atoms with Crippen LogP contribution in [-0.2, 0) is 46.1 Å². The number of anilines is 1. The molecule has 0 aliphatic carbocycles. The molecule has 1 aromatic heterocycles. The Labute approximate surface area is 288 Å². The van der Waals surface area contributed by atoms with Gasteiger partial charge in [0.2, 0.25) is 11.8 Å². The van der Waals surface area contributed by atoms with E-state index in [1.807, 2.05) is 53.2 Å². The van der Waals surface area contributed by atoms with E-state index < -0.39 is 8.60 Å². The largest absolute Gasteiger partial charge is 0.382 e. The summed E-state index contributed by atoms with van der Waals surface area (Å²) in [4.78, 5) is 45.6. The number of carbonyl (C=O) groups excluding carboxylic acids is 2. The maximum Gasteiger partial charge on any atom is 0.327 e. The van der Waals surface area contributed by atoms with E-state index in [1.54, 1.807) is 12.0 Å². The Kier molecular flexibility index (Phi) is 17.0. The maximum absolute atomic E-state index is 13.7. The second-order valence-corrected chi connectivity index (χ2v) is 12.1. The lowest BCUT2D eigenvalue weighted by Crippen LogP contribution is -2.33. The standard InChI is InChI=1S/C34H48N5O9P/c1-44-20-21-46-24-25-47-23-22-45-19-17-39-34-28-11-5-4-10-27(28)26-38(30-13-7-6-12-29(30)33(34)36-37-39)32(41)15-14-31(40)35-16-8-2-3-9-18-48-49(42)43/h4-7,10-13,42-43H,2-3,8-9,14-26H2,1H3,(H,35,40). The second-order valence-electron chi connectivity index (χ2n) is 11.3. The van der Waals surface area contributed by atoms with Crippen molar-refractivity contribution in [2.45, 2.75) is 51.6 Å². The zero-order chi connectivity index (χ0) is 34.7. The van der Waals surface area contributed by atoms with E-state index in [1.165, 1.54) is 0 Å². The molecule has 0 bridgehead atoms. The van der Waals surface area contributed by atoms with Gasteiger partial charge in [-0.05, 0) is 24.5 Å². The van der Waals surface area contributed by atoms with Crippen molar-refractivity contribution in [3.8, 4) is 22.5 Å². The van der Waals surface area contributed by atoms with Gasteiger partial charge in [0.15, 0.2) is 0 Å². The first kappa shape index (κ1) is 38.5. The number of amides is 2. The van der Waals surface area contributed by atoms with Crippen LogP contribution in [0.5, 0.6) is 0 Å². The fraction of sp³-hybridized carbons (Fsp3) is 0.529. The highest BCUT2D eigenvalue weighted by Crippen LogP contribution is 2.41. The fourth-order valence-electron chi connectivity index (χ4n) is 5.43. The smallest absolute Gasteiger partial charge is 0.327 e. The van der Waals surface area contributed by atoms with Crippen LogP contribution < -0.4 is 10.2 Å². The highest BCUT2D eigenvalue weighted by atomic mass is 31.2. The molecule has 2 amide bonds. The molecule has 0 radical (unpaired) electrons. The summed E-state index contributed by atoms with van der Waals surface area (Å²) in [6.07, 6.45) is 3.39. The van der Waals surface area contributed by atoms with Crippen LogP contribution >= 0.6 is 8.60 Å². The third-order valence-electron chi connectivity index (χ3n) is 7.88. The van der Waals surface area contributed by atoms with Crippen LogP contribution in [0.4, 0.5) is 5.69 Å². The van der Waals surface area contributed by atoms with Gasteiger partial charge in [0.25, 0.3) is 0 Å². The van der Waals surface area contributed by atoms with E-state index in [0.717, 1.165) is 48.1 Å². The molecule has 3 N–H and O–H groups in total. The van der Waals surface area contributed by atoms with Crippen molar-refractivity contribution < 1.29 is 42.8 Å². The quantitative estimate of drug-likeness (QED) is 0.0971. The third-order valence-corrected chi connectivity index (χ3v) is 8.29. The Bertz CT molecular complexity index is 1440. The van der Waals surface area contributed by atoms with Gasteiger partial charge in [-0.1, -0.05) is 60.5 Å². The number of unbranched alkanes of at least 4 members (excludes halogenated alkanes) is 3. The Morgan fingerprint density at radius 3 is 2.24 bits per heavy atom. The van der Waals surface area contributed by atoms with Gasteiger partial charge in [-0.15, -0.1) is 5.10 Å². The lowest BCUT2D eigenvalue weighted by Gasteiger charge is -2.28. The third kappa shape index (κ3) is 12.5. The van der Waals surface area contributed by atoms with Crippen LogP contribution in [0.25, 0.3) is 22.5 Å². The Hall–Kier alpha value is -3.33. The predicted molar refractivity (Wildman–Crippen MR) is 184 cm³/mol. The summed E-state index contributed by atoms with van der Waals surface area (Å²) in [5.41, 5.74) is 4.93. The Morgan fingerprint density at radius 1 is 0.816 bits per heavy atom. The number of rotatable bonds is 23. The van der Waals surface area contributed by atoms with E-state index in [0.29, 0.717) is 83.9 Å². The van der Waals surface area contributed by atoms with Crippen molar-refractivity contribution >= 4 is 26.1 Å². The molecule has 268 valence electrons. The number of aromatic nitrogens is 3. The minimum Gasteiger partial charge on any atom is -0.382 e. The van der Waals surface area contributed by atoms with E-state index in [2.05, 4.69) is 15.6 Å². The molecule has 2 heterocycles. The van der Waals surface area contributed by atoms with Gasteiger partial charge in [0, 0.05) is 37.6 Å². The minimum atomic E-state index is -2.31. The van der Waals surface area contributed by atoms with Crippen LogP contribution in [0, 0.1) is 0 Å². The van der Waals surface area contributed by atoms with Gasteiger partial charge in [0.05, 0.1) is 77.3 Å². The van der Waals surface area contributed by atoms with Crippen LogP contribution in [0.3, 0.4) is 0 Å². The summed E-state index contributed by atoms with van der Waals surface area (Å²) in [6.45, 7) is 5.06. The zero-order valence-electron chi connectivity index (χ0n) is 28.1. The highest BCUT2D eigenvalue weighted by Gasteiger charge is 2.29. The molecular formula is C34H48N5O9P. The van der Waals surface area contributed by atoms with Crippen molar-refractivity contribution in [2.24, 2.45) is 0 Å².